The Bertz CT molecular complexity index is 355. The van der Waals surface area contributed by atoms with Crippen LogP contribution in [0.15, 0.2) is 0 Å². The van der Waals surface area contributed by atoms with Crippen LogP contribution in [0, 0.1) is 5.41 Å². The summed E-state index contributed by atoms with van der Waals surface area (Å²) in [6.07, 6.45) is 17.2. The summed E-state index contributed by atoms with van der Waals surface area (Å²) in [7, 11) is 0. The zero-order valence-electron chi connectivity index (χ0n) is 20.9. The molecule has 5 heteroatoms. The molecule has 31 heavy (non-hydrogen) atoms. The fourth-order valence-electron chi connectivity index (χ4n) is 4.08. The van der Waals surface area contributed by atoms with Gasteiger partial charge < -0.3 is 19.3 Å². The standard InChI is InChI=1S/C26H52O5/c1-4-7-10-13-16-26(17-14-11-8-5-2,18-15-12-9-6-3)25(28)31-24-23-30-22-21-29-20-19-27/h27H,4-24H2,1-3H3. The van der Waals surface area contributed by atoms with Crippen LogP contribution in [-0.4, -0.2) is 50.7 Å². The van der Waals surface area contributed by atoms with Gasteiger partial charge in [0.25, 0.3) is 0 Å². The lowest BCUT2D eigenvalue weighted by Gasteiger charge is -2.32. The second-order valence-electron chi connectivity index (χ2n) is 8.80. The molecule has 0 aromatic carbocycles. The third-order valence-corrected chi connectivity index (χ3v) is 6.03. The van der Waals surface area contributed by atoms with Gasteiger partial charge in [-0.3, -0.25) is 4.79 Å². The molecule has 0 spiro atoms. The SMILES string of the molecule is CCCCCCC(CCCCCC)(CCCCCC)C(=O)OCCOCCOCCO. The number of hydrogen-bond acceptors (Lipinski definition) is 5. The predicted molar refractivity (Wildman–Crippen MR) is 128 cm³/mol. The molecule has 0 aliphatic heterocycles. The Morgan fingerprint density at radius 2 is 1.03 bits per heavy atom. The minimum Gasteiger partial charge on any atom is -0.463 e. The molecular weight excluding hydrogens is 392 g/mol. The molecule has 0 heterocycles. The molecule has 1 N–H and O–H groups in total. The summed E-state index contributed by atoms with van der Waals surface area (Å²) in [4.78, 5) is 13.3. The van der Waals surface area contributed by atoms with Crippen molar-refractivity contribution in [3.05, 3.63) is 0 Å². The summed E-state index contributed by atoms with van der Waals surface area (Å²) in [6, 6.07) is 0. The maximum atomic E-state index is 13.3. The molecule has 186 valence electrons. The average molecular weight is 445 g/mol. The van der Waals surface area contributed by atoms with E-state index in [1.807, 2.05) is 0 Å². The van der Waals surface area contributed by atoms with Crippen LogP contribution in [0.4, 0.5) is 0 Å². The van der Waals surface area contributed by atoms with Gasteiger partial charge >= 0.3 is 5.97 Å². The highest BCUT2D eigenvalue weighted by atomic mass is 16.6. The van der Waals surface area contributed by atoms with Gasteiger partial charge in [-0.2, -0.15) is 0 Å². The van der Waals surface area contributed by atoms with Crippen LogP contribution >= 0.6 is 0 Å². The van der Waals surface area contributed by atoms with E-state index in [9.17, 15) is 4.79 Å². The highest BCUT2D eigenvalue weighted by Crippen LogP contribution is 2.39. The summed E-state index contributed by atoms with van der Waals surface area (Å²) < 4.78 is 16.4. The number of aliphatic hydroxyl groups is 1. The normalized spacial score (nSPS) is 11.7. The van der Waals surface area contributed by atoms with Gasteiger partial charge in [-0.15, -0.1) is 0 Å². The molecule has 0 fully saturated rings. The Morgan fingerprint density at radius 1 is 0.613 bits per heavy atom. The number of unbranched alkanes of at least 4 members (excludes halogenated alkanes) is 9. The van der Waals surface area contributed by atoms with Crippen LogP contribution in [0.1, 0.15) is 117 Å². The molecule has 0 amide bonds. The Hall–Kier alpha value is -0.650. The van der Waals surface area contributed by atoms with E-state index in [1.54, 1.807) is 0 Å². The van der Waals surface area contributed by atoms with Crippen molar-refractivity contribution >= 4 is 5.97 Å². The third-order valence-electron chi connectivity index (χ3n) is 6.03. The van der Waals surface area contributed by atoms with Crippen molar-refractivity contribution in [2.45, 2.75) is 117 Å². The van der Waals surface area contributed by atoms with Crippen LogP contribution in [0.25, 0.3) is 0 Å². The first-order chi connectivity index (χ1) is 15.2. The Balaban J connectivity index is 4.76. The second kappa shape index (κ2) is 22.5. The number of aliphatic hydroxyl groups excluding tert-OH is 1. The van der Waals surface area contributed by atoms with E-state index in [0.717, 1.165) is 38.5 Å². The minimum atomic E-state index is -0.320. The summed E-state index contributed by atoms with van der Waals surface area (Å²) in [5.74, 6) is -0.00266. The van der Waals surface area contributed by atoms with Crippen LogP contribution < -0.4 is 0 Å². The Kier molecular flexibility index (Phi) is 22.1. The highest BCUT2D eigenvalue weighted by molar-refractivity contribution is 5.76. The lowest BCUT2D eigenvalue weighted by Crippen LogP contribution is -2.34. The fourth-order valence-corrected chi connectivity index (χ4v) is 4.08. The van der Waals surface area contributed by atoms with Gasteiger partial charge in [-0.05, 0) is 19.3 Å². The van der Waals surface area contributed by atoms with Gasteiger partial charge in [0.15, 0.2) is 0 Å². The molecule has 0 saturated heterocycles. The van der Waals surface area contributed by atoms with E-state index in [4.69, 9.17) is 19.3 Å². The zero-order chi connectivity index (χ0) is 23.0. The van der Waals surface area contributed by atoms with E-state index in [0.29, 0.717) is 33.0 Å². The van der Waals surface area contributed by atoms with E-state index in [1.165, 1.54) is 57.8 Å². The molecule has 5 nitrogen and oxygen atoms in total. The van der Waals surface area contributed by atoms with Crippen LogP contribution in [0.3, 0.4) is 0 Å². The van der Waals surface area contributed by atoms with Crippen LogP contribution in [0.2, 0.25) is 0 Å². The van der Waals surface area contributed by atoms with Gasteiger partial charge in [0, 0.05) is 0 Å². The first-order valence-electron chi connectivity index (χ1n) is 13.1. The molecule has 0 atom stereocenters. The number of carbonyl (C=O) groups excluding carboxylic acids is 1. The van der Waals surface area contributed by atoms with E-state index in [2.05, 4.69) is 20.8 Å². The molecule has 0 radical (unpaired) electrons. The van der Waals surface area contributed by atoms with Gasteiger partial charge in [-0.25, -0.2) is 0 Å². The maximum absolute atomic E-state index is 13.3. The molecule has 0 bridgehead atoms. The van der Waals surface area contributed by atoms with Crippen molar-refractivity contribution in [1.29, 1.82) is 0 Å². The Morgan fingerprint density at radius 3 is 1.45 bits per heavy atom. The quantitative estimate of drug-likeness (QED) is 0.137. The average Bonchev–Trinajstić information content (AvgIpc) is 2.78. The molecule has 0 saturated carbocycles. The van der Waals surface area contributed by atoms with Gasteiger partial charge in [0.05, 0.1) is 38.4 Å². The Labute approximate surface area is 192 Å². The van der Waals surface area contributed by atoms with E-state index >= 15 is 0 Å². The first-order valence-corrected chi connectivity index (χ1v) is 13.1. The third kappa shape index (κ3) is 16.6. The molecule has 0 rings (SSSR count). The van der Waals surface area contributed by atoms with Crippen LogP contribution in [-0.2, 0) is 19.0 Å². The minimum absolute atomic E-state index is 0.00266. The van der Waals surface area contributed by atoms with E-state index < -0.39 is 0 Å². The second-order valence-corrected chi connectivity index (χ2v) is 8.80. The predicted octanol–water partition coefficient (Wildman–Crippen LogP) is 6.45. The monoisotopic (exact) mass is 444 g/mol. The highest BCUT2D eigenvalue weighted by Gasteiger charge is 2.38. The summed E-state index contributed by atoms with van der Waals surface area (Å²) in [6.45, 7) is 8.64. The zero-order valence-corrected chi connectivity index (χ0v) is 20.9. The van der Waals surface area contributed by atoms with Gasteiger partial charge in [0.1, 0.15) is 6.61 Å². The van der Waals surface area contributed by atoms with E-state index in [-0.39, 0.29) is 18.0 Å². The van der Waals surface area contributed by atoms with Crippen molar-refractivity contribution in [3.63, 3.8) is 0 Å². The summed E-state index contributed by atoms with van der Waals surface area (Å²) in [5.41, 5.74) is -0.320. The van der Waals surface area contributed by atoms with Crippen molar-refractivity contribution in [2.24, 2.45) is 5.41 Å². The molecule has 0 aromatic heterocycles. The topological polar surface area (TPSA) is 65.0 Å². The maximum Gasteiger partial charge on any atom is 0.312 e. The molecule has 0 aliphatic carbocycles. The number of ether oxygens (including phenoxy) is 3. The number of hydrogen-bond donors (Lipinski definition) is 1. The fraction of sp³-hybridized carbons (Fsp3) is 0.962. The summed E-state index contributed by atoms with van der Waals surface area (Å²) in [5, 5.41) is 8.70. The number of carbonyl (C=O) groups is 1. The molecule has 0 aliphatic rings. The van der Waals surface area contributed by atoms with Crippen molar-refractivity contribution < 1.29 is 24.1 Å². The van der Waals surface area contributed by atoms with Crippen molar-refractivity contribution in [3.8, 4) is 0 Å². The smallest absolute Gasteiger partial charge is 0.312 e. The van der Waals surface area contributed by atoms with Crippen molar-refractivity contribution in [1.82, 2.24) is 0 Å². The lowest BCUT2D eigenvalue weighted by molar-refractivity contribution is -0.159. The van der Waals surface area contributed by atoms with Gasteiger partial charge in [-0.1, -0.05) is 97.8 Å². The molecular formula is C26H52O5. The number of esters is 1. The number of rotatable bonds is 24. The van der Waals surface area contributed by atoms with Crippen molar-refractivity contribution in [2.75, 3.05) is 39.6 Å². The summed E-state index contributed by atoms with van der Waals surface area (Å²) >= 11 is 0. The molecule has 0 aromatic rings. The molecule has 0 unspecified atom stereocenters. The largest absolute Gasteiger partial charge is 0.463 e. The van der Waals surface area contributed by atoms with Crippen LogP contribution in [0.5, 0.6) is 0 Å². The lowest BCUT2D eigenvalue weighted by atomic mass is 9.74. The first kappa shape index (κ1) is 30.4. The van der Waals surface area contributed by atoms with Gasteiger partial charge in [0.2, 0.25) is 0 Å².